The Morgan fingerprint density at radius 1 is 1.13 bits per heavy atom. The fraction of sp³-hybridized carbons (Fsp3) is 0.174. The Labute approximate surface area is 179 Å². The first-order valence-corrected chi connectivity index (χ1v) is 10.5. The molecule has 2 aromatic heterocycles. The summed E-state index contributed by atoms with van der Waals surface area (Å²) in [7, 11) is 0. The molecule has 30 heavy (non-hydrogen) atoms. The van der Waals surface area contributed by atoms with Crippen LogP contribution in [0.1, 0.15) is 31.9 Å². The number of carbonyl (C=O) groups excluding carboxylic acids is 1. The number of aromatic nitrogens is 3. The third-order valence-corrected chi connectivity index (χ3v) is 5.61. The first-order chi connectivity index (χ1) is 14.6. The molecule has 4 aromatic rings. The number of anilines is 1. The van der Waals surface area contributed by atoms with E-state index in [-0.39, 0.29) is 5.91 Å². The van der Waals surface area contributed by atoms with Gasteiger partial charge in [-0.05, 0) is 54.1 Å². The van der Waals surface area contributed by atoms with E-state index in [1.807, 2.05) is 54.8 Å². The Balaban J connectivity index is 1.34. The number of benzene rings is 2. The summed E-state index contributed by atoms with van der Waals surface area (Å²) in [6, 6.07) is 17.9. The molecule has 1 N–H and O–H groups in total. The highest BCUT2D eigenvalue weighted by atomic mass is 32.1. The summed E-state index contributed by atoms with van der Waals surface area (Å²) in [5.41, 5.74) is 4.45. The minimum atomic E-state index is -0.226. The SMILES string of the molecule is Cc1cccc(OCc2csc(C(=O)Nc3ncn(Cc4ccccc4C)n3)c2)c1. The second kappa shape index (κ2) is 8.92. The van der Waals surface area contributed by atoms with Crippen LogP contribution in [0.25, 0.3) is 0 Å². The third kappa shape index (κ3) is 4.93. The minimum Gasteiger partial charge on any atom is -0.489 e. The van der Waals surface area contributed by atoms with Crippen LogP contribution >= 0.6 is 11.3 Å². The van der Waals surface area contributed by atoms with Gasteiger partial charge >= 0.3 is 0 Å². The predicted octanol–water partition coefficient (Wildman–Crippen LogP) is 4.84. The van der Waals surface area contributed by atoms with E-state index < -0.39 is 0 Å². The zero-order valence-electron chi connectivity index (χ0n) is 16.8. The summed E-state index contributed by atoms with van der Waals surface area (Å²) in [5.74, 6) is 0.880. The van der Waals surface area contributed by atoms with Crippen LogP contribution in [-0.4, -0.2) is 20.7 Å². The predicted molar refractivity (Wildman–Crippen MR) is 118 cm³/mol. The van der Waals surface area contributed by atoms with Crippen molar-refractivity contribution in [3.63, 3.8) is 0 Å². The molecule has 152 valence electrons. The molecule has 0 aliphatic rings. The fourth-order valence-corrected chi connectivity index (χ4v) is 3.79. The van der Waals surface area contributed by atoms with E-state index in [1.54, 1.807) is 11.0 Å². The van der Waals surface area contributed by atoms with Crippen LogP contribution < -0.4 is 10.1 Å². The molecule has 0 saturated carbocycles. The van der Waals surface area contributed by atoms with E-state index in [4.69, 9.17) is 4.74 Å². The fourth-order valence-electron chi connectivity index (χ4n) is 3.00. The van der Waals surface area contributed by atoms with Crippen molar-refractivity contribution in [2.75, 3.05) is 5.32 Å². The number of carbonyl (C=O) groups is 1. The highest BCUT2D eigenvalue weighted by Crippen LogP contribution is 2.19. The summed E-state index contributed by atoms with van der Waals surface area (Å²) < 4.78 is 7.52. The molecule has 0 saturated heterocycles. The van der Waals surface area contributed by atoms with E-state index in [9.17, 15) is 4.79 Å². The summed E-state index contributed by atoms with van der Waals surface area (Å²) >= 11 is 1.37. The molecule has 6 nitrogen and oxygen atoms in total. The number of thiophene rings is 1. The maximum absolute atomic E-state index is 12.5. The quantitative estimate of drug-likeness (QED) is 0.466. The zero-order chi connectivity index (χ0) is 20.9. The molecule has 7 heteroatoms. The standard InChI is InChI=1S/C23H22N4O2S/c1-16-6-5-9-20(10-16)29-13-18-11-21(30-14-18)22(28)25-23-24-15-27(26-23)12-19-8-4-3-7-17(19)2/h3-11,14-15H,12-13H2,1-2H3,(H,25,26,28). The van der Waals surface area contributed by atoms with Crippen molar-refractivity contribution < 1.29 is 9.53 Å². The molecule has 1 amide bonds. The number of ether oxygens (including phenoxy) is 1. The third-order valence-electron chi connectivity index (χ3n) is 4.63. The van der Waals surface area contributed by atoms with Gasteiger partial charge in [0.2, 0.25) is 5.95 Å². The molecule has 0 spiro atoms. The average Bonchev–Trinajstić information content (AvgIpc) is 3.38. The van der Waals surface area contributed by atoms with Gasteiger partial charge in [-0.2, -0.15) is 0 Å². The second-order valence-electron chi connectivity index (χ2n) is 7.07. The number of amides is 1. The van der Waals surface area contributed by atoms with Gasteiger partial charge < -0.3 is 4.74 Å². The van der Waals surface area contributed by atoms with Crippen molar-refractivity contribution in [2.24, 2.45) is 0 Å². The molecule has 2 aromatic carbocycles. The topological polar surface area (TPSA) is 69.0 Å². The number of nitrogens with one attached hydrogen (secondary N) is 1. The normalized spacial score (nSPS) is 10.7. The molecule has 0 bridgehead atoms. The van der Waals surface area contributed by atoms with Crippen LogP contribution in [0.3, 0.4) is 0 Å². The van der Waals surface area contributed by atoms with Gasteiger partial charge in [-0.3, -0.25) is 10.1 Å². The highest BCUT2D eigenvalue weighted by Gasteiger charge is 2.13. The molecular weight excluding hydrogens is 396 g/mol. The van der Waals surface area contributed by atoms with Gasteiger partial charge in [0.25, 0.3) is 5.91 Å². The first kappa shape index (κ1) is 19.8. The number of hydrogen-bond donors (Lipinski definition) is 1. The Kier molecular flexibility index (Phi) is 5.90. The average molecular weight is 419 g/mol. The van der Waals surface area contributed by atoms with E-state index in [0.29, 0.717) is 24.0 Å². The second-order valence-corrected chi connectivity index (χ2v) is 7.98. The molecule has 0 fully saturated rings. The van der Waals surface area contributed by atoms with E-state index in [2.05, 4.69) is 34.5 Å². The van der Waals surface area contributed by atoms with Crippen molar-refractivity contribution in [3.8, 4) is 5.75 Å². The molecule has 0 unspecified atom stereocenters. The molecule has 2 heterocycles. The van der Waals surface area contributed by atoms with Gasteiger partial charge in [0, 0.05) is 5.56 Å². The Hall–Kier alpha value is -3.45. The number of hydrogen-bond acceptors (Lipinski definition) is 5. The van der Waals surface area contributed by atoms with Crippen LogP contribution in [-0.2, 0) is 13.2 Å². The van der Waals surface area contributed by atoms with E-state index in [0.717, 1.165) is 22.4 Å². The number of nitrogens with zero attached hydrogens (tertiary/aromatic N) is 3. The maximum atomic E-state index is 12.5. The molecule has 4 rings (SSSR count). The summed E-state index contributed by atoms with van der Waals surface area (Å²) in [5, 5.41) is 9.04. The van der Waals surface area contributed by atoms with Crippen LogP contribution in [0.4, 0.5) is 5.95 Å². The van der Waals surface area contributed by atoms with Crippen molar-refractivity contribution in [1.82, 2.24) is 14.8 Å². The van der Waals surface area contributed by atoms with E-state index in [1.165, 1.54) is 16.9 Å². The summed E-state index contributed by atoms with van der Waals surface area (Å²) in [4.78, 5) is 17.3. The molecule has 0 radical (unpaired) electrons. The molecule has 0 aliphatic carbocycles. The lowest BCUT2D eigenvalue weighted by Gasteiger charge is -2.05. The van der Waals surface area contributed by atoms with E-state index >= 15 is 0 Å². The van der Waals surface area contributed by atoms with Gasteiger partial charge in [0.05, 0.1) is 11.4 Å². The lowest BCUT2D eigenvalue weighted by atomic mass is 10.1. The van der Waals surface area contributed by atoms with Crippen LogP contribution in [0.5, 0.6) is 5.75 Å². The van der Waals surface area contributed by atoms with Gasteiger partial charge in [0.15, 0.2) is 0 Å². The van der Waals surface area contributed by atoms with Crippen LogP contribution in [0, 0.1) is 13.8 Å². The smallest absolute Gasteiger partial charge is 0.268 e. The Morgan fingerprint density at radius 3 is 2.83 bits per heavy atom. The molecular formula is C23H22N4O2S. The largest absolute Gasteiger partial charge is 0.489 e. The molecule has 0 aliphatic heterocycles. The van der Waals surface area contributed by atoms with Crippen LogP contribution in [0.2, 0.25) is 0 Å². The Morgan fingerprint density at radius 2 is 2.00 bits per heavy atom. The number of rotatable bonds is 7. The van der Waals surface area contributed by atoms with Gasteiger partial charge in [-0.25, -0.2) is 9.67 Å². The minimum absolute atomic E-state index is 0.226. The highest BCUT2D eigenvalue weighted by molar-refractivity contribution is 7.12. The maximum Gasteiger partial charge on any atom is 0.268 e. The molecule has 0 atom stereocenters. The van der Waals surface area contributed by atoms with Crippen LogP contribution in [0.15, 0.2) is 66.3 Å². The first-order valence-electron chi connectivity index (χ1n) is 9.59. The van der Waals surface area contributed by atoms with Crippen molar-refractivity contribution in [3.05, 3.63) is 93.4 Å². The van der Waals surface area contributed by atoms with Gasteiger partial charge in [0.1, 0.15) is 18.7 Å². The van der Waals surface area contributed by atoms with Crippen molar-refractivity contribution in [2.45, 2.75) is 27.0 Å². The summed E-state index contributed by atoms with van der Waals surface area (Å²) in [6.45, 7) is 5.10. The number of aryl methyl sites for hydroxylation is 2. The lowest BCUT2D eigenvalue weighted by Crippen LogP contribution is -2.12. The Bertz CT molecular complexity index is 1170. The lowest BCUT2D eigenvalue weighted by molar-refractivity contribution is 0.102. The van der Waals surface area contributed by atoms with Crippen molar-refractivity contribution in [1.29, 1.82) is 0 Å². The summed E-state index contributed by atoms with van der Waals surface area (Å²) in [6.07, 6.45) is 1.62. The zero-order valence-corrected chi connectivity index (χ0v) is 17.6. The monoisotopic (exact) mass is 418 g/mol. The van der Waals surface area contributed by atoms with Crippen molar-refractivity contribution >= 4 is 23.2 Å². The van der Waals surface area contributed by atoms with Gasteiger partial charge in [-0.1, -0.05) is 36.4 Å². The van der Waals surface area contributed by atoms with Gasteiger partial charge in [-0.15, -0.1) is 16.4 Å².